The number of fused-ring (bicyclic) bond motifs is 3. The zero-order valence-electron chi connectivity index (χ0n) is 9.48. The van der Waals surface area contributed by atoms with Gasteiger partial charge in [0.25, 0.3) is 0 Å². The topological polar surface area (TPSA) is 38.9 Å². The first-order valence-electron chi connectivity index (χ1n) is 5.48. The molecule has 4 rings (SSSR count). The van der Waals surface area contributed by atoms with Crippen molar-refractivity contribution in [2.45, 2.75) is 0 Å². The summed E-state index contributed by atoms with van der Waals surface area (Å²) in [7, 11) is 0. The molecular formula is C14H10N2OSe. The molecule has 0 aliphatic heterocycles. The van der Waals surface area contributed by atoms with E-state index in [2.05, 4.69) is 27.0 Å². The van der Waals surface area contributed by atoms with Crippen molar-refractivity contribution in [3.63, 3.8) is 0 Å². The van der Waals surface area contributed by atoms with Gasteiger partial charge in [0, 0.05) is 5.39 Å². The van der Waals surface area contributed by atoms with E-state index in [0.717, 1.165) is 16.5 Å². The summed E-state index contributed by atoms with van der Waals surface area (Å²) in [4.78, 5) is 10.1. The second kappa shape index (κ2) is 5.17. The third-order valence-electron chi connectivity index (χ3n) is 2.57. The second-order valence-electron chi connectivity index (χ2n) is 3.66. The normalized spacial score (nSPS) is 10.2. The molecule has 0 amide bonds. The van der Waals surface area contributed by atoms with E-state index in [1.54, 1.807) is 0 Å². The van der Waals surface area contributed by atoms with E-state index in [1.165, 1.54) is 11.8 Å². The molecule has 0 aliphatic carbocycles. The summed E-state index contributed by atoms with van der Waals surface area (Å²) in [6.07, 6.45) is 3.32. The molecule has 0 fully saturated rings. The van der Waals surface area contributed by atoms with Crippen LogP contribution in [0.15, 0.2) is 63.4 Å². The number of oxazole rings is 1. The smallest absolute Gasteiger partial charge is 0.182 e. The SMILES string of the molecule is c1c[se]cn1.c1ccc2c(c1)ccc1ocnc12. The number of nitrogens with zero attached hydrogens (tertiary/aromatic N) is 2. The van der Waals surface area contributed by atoms with Crippen molar-refractivity contribution in [3.8, 4) is 0 Å². The first-order valence-corrected chi connectivity index (χ1v) is 7.46. The van der Waals surface area contributed by atoms with Crippen molar-refractivity contribution in [1.82, 2.24) is 9.97 Å². The second-order valence-corrected chi connectivity index (χ2v) is 5.25. The molecule has 18 heavy (non-hydrogen) atoms. The molecule has 0 bridgehead atoms. The number of benzene rings is 2. The largest absolute Gasteiger partial charge is 0.443 e. The average Bonchev–Trinajstić information content (AvgIpc) is 3.12. The van der Waals surface area contributed by atoms with Gasteiger partial charge >= 0.3 is 35.7 Å². The number of hydrogen-bond donors (Lipinski definition) is 0. The molecule has 88 valence electrons. The van der Waals surface area contributed by atoms with E-state index < -0.39 is 0 Å². The van der Waals surface area contributed by atoms with Gasteiger partial charge < -0.3 is 4.42 Å². The monoisotopic (exact) mass is 302 g/mol. The number of rotatable bonds is 0. The summed E-state index contributed by atoms with van der Waals surface area (Å²) in [6.45, 7) is 0. The minimum Gasteiger partial charge on any atom is -0.443 e. The van der Waals surface area contributed by atoms with Crippen molar-refractivity contribution in [2.75, 3.05) is 0 Å². The van der Waals surface area contributed by atoms with Crippen molar-refractivity contribution in [2.24, 2.45) is 0 Å². The molecule has 3 nitrogen and oxygen atoms in total. The maximum Gasteiger partial charge on any atom is 0.182 e. The Morgan fingerprint density at radius 1 is 1.06 bits per heavy atom. The van der Waals surface area contributed by atoms with Gasteiger partial charge in [0.05, 0.1) is 0 Å². The van der Waals surface area contributed by atoms with E-state index in [9.17, 15) is 0 Å². The molecule has 0 atom stereocenters. The first kappa shape index (κ1) is 11.2. The van der Waals surface area contributed by atoms with Gasteiger partial charge in [-0.25, -0.2) is 4.98 Å². The maximum atomic E-state index is 5.21. The van der Waals surface area contributed by atoms with Crippen LogP contribution in [0.5, 0.6) is 0 Å². The van der Waals surface area contributed by atoms with Crippen molar-refractivity contribution < 1.29 is 4.42 Å². The summed E-state index contributed by atoms with van der Waals surface area (Å²) >= 11 is 0.597. The fourth-order valence-electron chi connectivity index (χ4n) is 1.77. The molecule has 0 aliphatic rings. The van der Waals surface area contributed by atoms with Gasteiger partial charge in [-0.05, 0) is 11.5 Å². The summed E-state index contributed by atoms with van der Waals surface area (Å²) in [5, 5.41) is 4.28. The molecule has 0 spiro atoms. The summed E-state index contributed by atoms with van der Waals surface area (Å²) in [6, 6.07) is 12.2. The predicted molar refractivity (Wildman–Crippen MR) is 72.7 cm³/mol. The predicted octanol–water partition coefficient (Wildman–Crippen LogP) is 3.12. The van der Waals surface area contributed by atoms with E-state index in [0.29, 0.717) is 14.5 Å². The summed E-state index contributed by atoms with van der Waals surface area (Å²) < 4.78 is 5.21. The molecule has 4 heteroatoms. The van der Waals surface area contributed by atoms with E-state index in [-0.39, 0.29) is 0 Å². The van der Waals surface area contributed by atoms with Crippen molar-refractivity contribution in [3.05, 3.63) is 59.0 Å². The quantitative estimate of drug-likeness (QED) is 0.468. The zero-order chi connectivity index (χ0) is 12.2. The van der Waals surface area contributed by atoms with Crippen LogP contribution in [0.4, 0.5) is 0 Å². The van der Waals surface area contributed by atoms with Crippen LogP contribution < -0.4 is 0 Å². The Morgan fingerprint density at radius 2 is 2.00 bits per heavy atom. The first-order chi connectivity index (χ1) is 8.95. The van der Waals surface area contributed by atoms with Gasteiger partial charge in [0.1, 0.15) is 5.52 Å². The Hall–Kier alpha value is -1.90. The minimum absolute atomic E-state index is 0.597. The van der Waals surface area contributed by atoms with Crippen LogP contribution in [-0.4, -0.2) is 24.5 Å². The van der Waals surface area contributed by atoms with E-state index >= 15 is 0 Å². The summed E-state index contributed by atoms with van der Waals surface area (Å²) in [5.41, 5.74) is 1.79. The Morgan fingerprint density at radius 3 is 2.78 bits per heavy atom. The fourth-order valence-corrected chi connectivity index (χ4v) is 2.51. The van der Waals surface area contributed by atoms with Gasteiger partial charge in [-0.2, -0.15) is 0 Å². The van der Waals surface area contributed by atoms with Crippen LogP contribution in [-0.2, 0) is 0 Å². The third-order valence-corrected chi connectivity index (χ3v) is 3.67. The van der Waals surface area contributed by atoms with Crippen LogP contribution in [0, 0.1) is 0 Å². The van der Waals surface area contributed by atoms with Crippen LogP contribution in [0.2, 0.25) is 0 Å². The zero-order valence-corrected chi connectivity index (χ0v) is 11.2. The Kier molecular flexibility index (Phi) is 3.22. The van der Waals surface area contributed by atoms with Gasteiger partial charge in [-0.15, -0.1) is 0 Å². The van der Waals surface area contributed by atoms with Crippen molar-refractivity contribution in [1.29, 1.82) is 0 Å². The molecule has 0 saturated carbocycles. The van der Waals surface area contributed by atoms with Gasteiger partial charge in [-0.3, -0.25) is 0 Å². The van der Waals surface area contributed by atoms with Crippen molar-refractivity contribution >= 4 is 36.4 Å². The molecule has 2 aromatic heterocycles. The molecule has 0 unspecified atom stereocenters. The third kappa shape index (κ3) is 2.21. The van der Waals surface area contributed by atoms with Gasteiger partial charge in [-0.1, -0.05) is 30.3 Å². The van der Waals surface area contributed by atoms with Gasteiger partial charge in [0.15, 0.2) is 12.0 Å². The number of hydrogen-bond acceptors (Lipinski definition) is 3. The summed E-state index contributed by atoms with van der Waals surface area (Å²) in [5.74, 6) is 0. The van der Waals surface area contributed by atoms with Crippen LogP contribution >= 0.6 is 0 Å². The Labute approximate surface area is 110 Å². The molecular weight excluding hydrogens is 291 g/mol. The van der Waals surface area contributed by atoms with Gasteiger partial charge in [0.2, 0.25) is 0 Å². The average molecular weight is 301 g/mol. The molecule has 0 N–H and O–H groups in total. The van der Waals surface area contributed by atoms with Crippen LogP contribution in [0.25, 0.3) is 21.9 Å². The molecule has 4 aromatic rings. The minimum atomic E-state index is 0.597. The molecule has 2 aromatic carbocycles. The van der Waals surface area contributed by atoms with Crippen LogP contribution in [0.1, 0.15) is 0 Å². The maximum absolute atomic E-state index is 5.21. The van der Waals surface area contributed by atoms with Crippen LogP contribution in [0.3, 0.4) is 0 Å². The Bertz CT molecular complexity index is 729. The fraction of sp³-hybridized carbons (Fsp3) is 0. The van der Waals surface area contributed by atoms with E-state index in [4.69, 9.17) is 4.42 Å². The standard InChI is InChI=1S/C11H7NO.C3H3NSe/c1-2-4-9-8(3-1)5-6-10-11(9)12-7-13-10;1-2-5-3-4-1/h1-7H;1-3H. The molecule has 0 saturated heterocycles. The van der Waals surface area contributed by atoms with E-state index in [1.807, 2.05) is 35.5 Å². The molecule has 2 heterocycles. The Balaban J connectivity index is 0.000000169. The number of aromatic nitrogens is 2. The molecule has 0 radical (unpaired) electrons.